The summed E-state index contributed by atoms with van der Waals surface area (Å²) in [4.78, 5) is 67.2. The minimum absolute atomic E-state index is 0.0581. The van der Waals surface area contributed by atoms with Gasteiger partial charge in [0.1, 0.15) is 35.2 Å². The molecule has 3 unspecified atom stereocenters. The Kier molecular flexibility index (Phi) is 16.2. The lowest BCUT2D eigenvalue weighted by Gasteiger charge is -2.32. The molecule has 4 aromatic rings. The normalized spacial score (nSPS) is 12.4. The highest BCUT2D eigenvalue weighted by molar-refractivity contribution is 7.32. The number of nitrogens with zero attached hydrogens (tertiary/aromatic N) is 1. The summed E-state index contributed by atoms with van der Waals surface area (Å²) in [7, 11) is -3.28. The molecule has 0 radical (unpaired) electrons. The number of hydrogen-bond acceptors (Lipinski definition) is 10. The molecular formula is C39H46N3O11P. The number of unbranched alkanes of at least 4 members (excludes halogenated alkanes) is 2. The molecule has 0 fully saturated rings. The maximum Gasteiger partial charge on any atom is 0.366 e. The maximum absolute atomic E-state index is 13.6. The molecule has 0 bridgehead atoms. The van der Waals surface area contributed by atoms with Gasteiger partial charge < -0.3 is 38.8 Å². The number of amides is 3. The Morgan fingerprint density at radius 3 is 2.35 bits per heavy atom. The van der Waals surface area contributed by atoms with E-state index in [9.17, 15) is 28.6 Å². The Labute approximate surface area is 314 Å². The van der Waals surface area contributed by atoms with Crippen molar-refractivity contribution in [3.63, 3.8) is 0 Å². The summed E-state index contributed by atoms with van der Waals surface area (Å²) >= 11 is 0. The Bertz CT molecular complexity index is 1870. The van der Waals surface area contributed by atoms with Gasteiger partial charge in [-0.05, 0) is 61.7 Å². The summed E-state index contributed by atoms with van der Waals surface area (Å²) in [5.41, 5.74) is 1.46. The van der Waals surface area contributed by atoms with E-state index < -0.39 is 38.0 Å². The number of rotatable bonds is 22. The summed E-state index contributed by atoms with van der Waals surface area (Å²) < 4.78 is 33.4. The first-order chi connectivity index (χ1) is 26.2. The Morgan fingerprint density at radius 1 is 0.907 bits per heavy atom. The smallest absolute Gasteiger partial charge is 0.366 e. The Hall–Kier alpha value is -5.59. The van der Waals surface area contributed by atoms with Crippen LogP contribution in [0.1, 0.15) is 79.4 Å². The first-order valence-corrected chi connectivity index (χ1v) is 19.0. The molecule has 288 valence electrons. The van der Waals surface area contributed by atoms with Crippen molar-refractivity contribution in [2.24, 2.45) is 5.92 Å². The van der Waals surface area contributed by atoms with Gasteiger partial charge in [0.25, 0.3) is 5.91 Å². The van der Waals surface area contributed by atoms with Crippen LogP contribution in [0.15, 0.2) is 89.3 Å². The van der Waals surface area contributed by atoms with Gasteiger partial charge in [0.15, 0.2) is 5.76 Å². The molecule has 4 rings (SSSR count). The van der Waals surface area contributed by atoms with Crippen LogP contribution in [-0.4, -0.2) is 53.5 Å². The summed E-state index contributed by atoms with van der Waals surface area (Å²) in [6, 6.07) is 22.7. The number of hydrogen-bond donors (Lipinski definition) is 3. The highest BCUT2D eigenvalue weighted by atomic mass is 31.1. The molecule has 54 heavy (non-hydrogen) atoms. The fourth-order valence-electron chi connectivity index (χ4n) is 5.73. The van der Waals surface area contributed by atoms with Crippen LogP contribution in [0, 0.1) is 5.92 Å². The second kappa shape index (κ2) is 21.2. The second-order valence-electron chi connectivity index (χ2n) is 12.1. The average molecular weight is 764 g/mol. The van der Waals surface area contributed by atoms with E-state index in [0.717, 1.165) is 23.5 Å². The van der Waals surface area contributed by atoms with Crippen LogP contribution in [0.2, 0.25) is 0 Å². The molecule has 3 atom stereocenters. The second-order valence-corrected chi connectivity index (χ2v) is 12.8. The van der Waals surface area contributed by atoms with Gasteiger partial charge in [-0.1, -0.05) is 75.6 Å². The molecule has 0 aliphatic carbocycles. The predicted molar refractivity (Wildman–Crippen MR) is 200 cm³/mol. The third-order valence-corrected chi connectivity index (χ3v) is 8.73. The largest absolute Gasteiger partial charge is 0.494 e. The fraction of sp³-hybridized carbons (Fsp3) is 0.333. The highest BCUT2D eigenvalue weighted by Gasteiger charge is 2.34. The minimum atomic E-state index is -3.28. The molecule has 15 heteroatoms. The van der Waals surface area contributed by atoms with Crippen molar-refractivity contribution < 1.29 is 51.9 Å². The fourth-order valence-corrected chi connectivity index (χ4v) is 6.05. The number of hydroxylamine groups is 2. The topological polar surface area (TPSA) is 183 Å². The average Bonchev–Trinajstić information content (AvgIpc) is 3.67. The molecule has 14 nitrogen and oxygen atoms in total. The summed E-state index contributed by atoms with van der Waals surface area (Å²) in [5.74, 6) is -1.72. The van der Waals surface area contributed by atoms with Crippen LogP contribution in [-0.2, 0) is 25.6 Å². The third-order valence-electron chi connectivity index (χ3n) is 8.32. The van der Waals surface area contributed by atoms with E-state index in [1.165, 1.54) is 24.3 Å². The van der Waals surface area contributed by atoms with Gasteiger partial charge in [-0.2, -0.15) is 5.06 Å². The molecule has 3 aromatic carbocycles. The number of benzene rings is 3. The lowest BCUT2D eigenvalue weighted by atomic mass is 9.90. The number of para-hydroxylation sites is 1. The number of nitrogens with one attached hydrogen (secondary N) is 2. The van der Waals surface area contributed by atoms with Crippen molar-refractivity contribution in [2.45, 2.75) is 65.5 Å². The van der Waals surface area contributed by atoms with Crippen LogP contribution in [0.3, 0.4) is 0 Å². The zero-order chi connectivity index (χ0) is 38.9. The lowest BCUT2D eigenvalue weighted by molar-refractivity contribution is -0.171. The van der Waals surface area contributed by atoms with Crippen LogP contribution in [0.4, 0.5) is 0 Å². The van der Waals surface area contributed by atoms with Crippen molar-refractivity contribution in [1.82, 2.24) is 15.7 Å². The number of ether oxygens (including phenoxy) is 2. The van der Waals surface area contributed by atoms with Gasteiger partial charge in [-0.25, -0.2) is 9.36 Å². The predicted octanol–water partition coefficient (Wildman–Crippen LogP) is 6.69. The van der Waals surface area contributed by atoms with Crippen LogP contribution < -0.4 is 24.6 Å². The van der Waals surface area contributed by atoms with Gasteiger partial charge >= 0.3 is 14.2 Å². The monoisotopic (exact) mass is 763 g/mol. The van der Waals surface area contributed by atoms with Crippen LogP contribution in [0.5, 0.6) is 17.2 Å². The molecule has 0 aliphatic heterocycles. The van der Waals surface area contributed by atoms with Crippen molar-refractivity contribution in [3.05, 3.63) is 102 Å². The third kappa shape index (κ3) is 12.0. The van der Waals surface area contributed by atoms with E-state index in [1.807, 2.05) is 37.3 Å². The molecule has 0 saturated carbocycles. The van der Waals surface area contributed by atoms with E-state index in [-0.39, 0.29) is 48.3 Å². The quantitative estimate of drug-likeness (QED) is 0.0255. The van der Waals surface area contributed by atoms with Gasteiger partial charge in [0.2, 0.25) is 12.3 Å². The molecule has 3 amide bonds. The first-order valence-electron chi connectivity index (χ1n) is 17.7. The van der Waals surface area contributed by atoms with Crippen LogP contribution >= 0.6 is 8.25 Å². The van der Waals surface area contributed by atoms with E-state index in [2.05, 4.69) is 10.6 Å². The summed E-state index contributed by atoms with van der Waals surface area (Å²) in [5, 5.41) is 6.20. The SMILES string of the molecule is CCCCCC(C(=O)NCNC(=O)c1ccc(-c2cc(OCC)cc(O[PH](=O)O)c2)o1)C(CC)N(C=O)OC(=O)c1ccccc1OCc1ccccc1. The molecule has 0 saturated heterocycles. The van der Waals surface area contributed by atoms with Gasteiger partial charge in [0, 0.05) is 11.6 Å². The van der Waals surface area contributed by atoms with Gasteiger partial charge in [-0.15, -0.1) is 0 Å². The van der Waals surface area contributed by atoms with Crippen molar-refractivity contribution in [3.8, 4) is 28.6 Å². The zero-order valence-corrected chi connectivity index (χ0v) is 31.4. The van der Waals surface area contributed by atoms with E-state index >= 15 is 0 Å². The van der Waals surface area contributed by atoms with Gasteiger partial charge in [0.05, 0.1) is 25.2 Å². The van der Waals surface area contributed by atoms with Crippen LogP contribution in [0.25, 0.3) is 11.3 Å². The molecule has 0 aliphatic rings. The summed E-state index contributed by atoms with van der Waals surface area (Å²) in [6.45, 7) is 5.89. The van der Waals surface area contributed by atoms with Crippen molar-refractivity contribution in [1.29, 1.82) is 0 Å². The molecule has 0 spiro atoms. The van der Waals surface area contributed by atoms with E-state index in [0.29, 0.717) is 37.2 Å². The van der Waals surface area contributed by atoms with E-state index in [1.54, 1.807) is 44.2 Å². The zero-order valence-electron chi connectivity index (χ0n) is 30.4. The Balaban J connectivity index is 1.41. The lowest BCUT2D eigenvalue weighted by Crippen LogP contribution is -2.49. The number of furan rings is 1. The summed E-state index contributed by atoms with van der Waals surface area (Å²) in [6.07, 6.45) is 3.48. The first kappa shape index (κ1) is 41.2. The maximum atomic E-state index is 13.6. The molecular weight excluding hydrogens is 717 g/mol. The van der Waals surface area contributed by atoms with E-state index in [4.69, 9.17) is 23.3 Å². The Morgan fingerprint density at radius 2 is 1.65 bits per heavy atom. The van der Waals surface area contributed by atoms with Crippen molar-refractivity contribution in [2.75, 3.05) is 13.3 Å². The number of carbonyl (C=O) groups excluding carboxylic acids is 4. The minimum Gasteiger partial charge on any atom is -0.494 e. The molecule has 1 aromatic heterocycles. The highest BCUT2D eigenvalue weighted by Crippen LogP contribution is 2.34. The van der Waals surface area contributed by atoms with Gasteiger partial charge in [-0.3, -0.25) is 14.4 Å². The number of carbonyl (C=O) groups is 4. The molecule has 1 heterocycles. The van der Waals surface area contributed by atoms with Crippen molar-refractivity contribution >= 4 is 32.4 Å². The molecule has 3 N–H and O–H groups in total. The standard InChI is InChI=1S/C39H46N3O11P/c1-4-7-9-16-31(33(5-2)42(26-43)52-39(46)32-17-12-13-18-35(32)50-24-27-14-10-8-11-15-27)37(44)40-25-41-38(45)36-20-19-34(51-36)28-21-29(49-6-3)23-30(22-28)53-54(47)48/h8,10-15,17-23,26,31,33,54H,4-7,9,16,24-25H2,1-3H3,(H,40,44)(H,41,45)(H,47,48).